The van der Waals surface area contributed by atoms with Crippen LogP contribution in [-0.2, 0) is 4.74 Å². The zero-order valence-corrected chi connectivity index (χ0v) is 12.5. The first-order chi connectivity index (χ1) is 9.56. The summed E-state index contributed by atoms with van der Waals surface area (Å²) in [6.45, 7) is 5.51. The molecule has 5 nitrogen and oxygen atoms in total. The maximum Gasteiger partial charge on any atom is 0.272 e. The Morgan fingerprint density at radius 1 is 1.35 bits per heavy atom. The van der Waals surface area contributed by atoms with Crippen LogP contribution in [0.4, 0.5) is 5.69 Å². The third kappa shape index (κ3) is 5.27. The first-order valence-electron chi connectivity index (χ1n) is 7.03. The Labute approximate surface area is 120 Å². The van der Waals surface area contributed by atoms with Crippen molar-refractivity contribution in [3.05, 3.63) is 39.4 Å². The summed E-state index contributed by atoms with van der Waals surface area (Å²) in [7, 11) is 1.71. The lowest BCUT2D eigenvalue weighted by Crippen LogP contribution is -2.20. The molecule has 20 heavy (non-hydrogen) atoms. The van der Waals surface area contributed by atoms with Crippen molar-refractivity contribution < 1.29 is 9.66 Å². The zero-order valence-electron chi connectivity index (χ0n) is 12.5. The van der Waals surface area contributed by atoms with E-state index in [0.717, 1.165) is 38.0 Å². The van der Waals surface area contributed by atoms with Gasteiger partial charge in [0.25, 0.3) is 5.69 Å². The normalized spacial score (nSPS) is 12.3. The molecular weight excluding hydrogens is 256 g/mol. The van der Waals surface area contributed by atoms with Crippen molar-refractivity contribution in [2.24, 2.45) is 0 Å². The van der Waals surface area contributed by atoms with E-state index < -0.39 is 0 Å². The van der Waals surface area contributed by atoms with Gasteiger partial charge in [-0.05, 0) is 45.2 Å². The molecule has 1 unspecified atom stereocenters. The molecule has 0 aliphatic rings. The lowest BCUT2D eigenvalue weighted by atomic mass is 10.0. The van der Waals surface area contributed by atoms with E-state index in [9.17, 15) is 10.1 Å². The number of ether oxygens (including phenoxy) is 1. The van der Waals surface area contributed by atoms with Gasteiger partial charge in [-0.15, -0.1) is 0 Å². The third-order valence-corrected chi connectivity index (χ3v) is 3.41. The number of methoxy groups -OCH3 is 1. The Hall–Kier alpha value is -1.46. The van der Waals surface area contributed by atoms with Gasteiger partial charge < -0.3 is 10.1 Å². The molecule has 0 amide bonds. The summed E-state index contributed by atoms with van der Waals surface area (Å²) in [5, 5.41) is 14.3. The number of hydrogen-bond acceptors (Lipinski definition) is 4. The van der Waals surface area contributed by atoms with Gasteiger partial charge in [0, 0.05) is 31.4 Å². The van der Waals surface area contributed by atoms with Gasteiger partial charge in [0.2, 0.25) is 0 Å². The third-order valence-electron chi connectivity index (χ3n) is 3.41. The molecule has 0 radical (unpaired) electrons. The smallest absolute Gasteiger partial charge is 0.272 e. The van der Waals surface area contributed by atoms with Crippen molar-refractivity contribution in [2.45, 2.75) is 39.2 Å². The number of rotatable bonds is 9. The molecule has 0 aliphatic heterocycles. The molecule has 0 aliphatic carbocycles. The minimum atomic E-state index is -0.323. The average molecular weight is 280 g/mol. The van der Waals surface area contributed by atoms with Crippen molar-refractivity contribution in [2.75, 3.05) is 20.3 Å². The molecule has 0 spiro atoms. The molecular formula is C15H24N2O3. The standard InChI is InChI=1S/C15H24N2O3/c1-12-7-8-14(11-15(12)17(18)19)13(2)16-9-5-4-6-10-20-3/h7-8,11,13,16H,4-6,9-10H2,1-3H3. The van der Waals surface area contributed by atoms with Crippen LogP contribution in [0, 0.1) is 17.0 Å². The maximum atomic E-state index is 10.9. The van der Waals surface area contributed by atoms with Crippen LogP contribution in [0.15, 0.2) is 18.2 Å². The van der Waals surface area contributed by atoms with Gasteiger partial charge in [0.1, 0.15) is 0 Å². The highest BCUT2D eigenvalue weighted by molar-refractivity contribution is 5.43. The van der Waals surface area contributed by atoms with Crippen LogP contribution in [-0.4, -0.2) is 25.2 Å². The Bertz CT molecular complexity index is 435. The molecule has 1 aromatic carbocycles. The minimum absolute atomic E-state index is 0.122. The molecule has 1 atom stereocenters. The Morgan fingerprint density at radius 3 is 2.75 bits per heavy atom. The highest BCUT2D eigenvalue weighted by Gasteiger charge is 2.13. The monoisotopic (exact) mass is 280 g/mol. The fourth-order valence-electron chi connectivity index (χ4n) is 2.08. The van der Waals surface area contributed by atoms with E-state index in [1.807, 2.05) is 19.1 Å². The van der Waals surface area contributed by atoms with E-state index >= 15 is 0 Å². The van der Waals surface area contributed by atoms with Gasteiger partial charge in [0.05, 0.1) is 4.92 Å². The second-order valence-corrected chi connectivity index (χ2v) is 5.03. The predicted molar refractivity (Wildman–Crippen MR) is 80.0 cm³/mol. The van der Waals surface area contributed by atoms with E-state index in [-0.39, 0.29) is 16.7 Å². The number of hydrogen-bond donors (Lipinski definition) is 1. The number of nitrogens with zero attached hydrogens (tertiary/aromatic N) is 1. The molecule has 112 valence electrons. The fraction of sp³-hybridized carbons (Fsp3) is 0.600. The first kappa shape index (κ1) is 16.6. The van der Waals surface area contributed by atoms with Crippen molar-refractivity contribution in [3.8, 4) is 0 Å². The second-order valence-electron chi connectivity index (χ2n) is 5.03. The predicted octanol–water partition coefficient (Wildman–Crippen LogP) is 3.37. The summed E-state index contributed by atoms with van der Waals surface area (Å²) in [6, 6.07) is 5.55. The van der Waals surface area contributed by atoms with Crippen LogP contribution in [0.25, 0.3) is 0 Å². The summed E-state index contributed by atoms with van der Waals surface area (Å²) >= 11 is 0. The van der Waals surface area contributed by atoms with Crippen LogP contribution in [0.2, 0.25) is 0 Å². The summed E-state index contributed by atoms with van der Waals surface area (Å²) in [5.74, 6) is 0. The van der Waals surface area contributed by atoms with E-state index in [4.69, 9.17) is 4.74 Å². The summed E-state index contributed by atoms with van der Waals surface area (Å²) < 4.78 is 5.00. The number of aryl methyl sites for hydroxylation is 1. The summed E-state index contributed by atoms with van der Waals surface area (Å²) in [4.78, 5) is 10.6. The van der Waals surface area contributed by atoms with Gasteiger partial charge in [-0.3, -0.25) is 10.1 Å². The van der Waals surface area contributed by atoms with E-state index in [2.05, 4.69) is 5.32 Å². The Morgan fingerprint density at radius 2 is 2.10 bits per heavy atom. The van der Waals surface area contributed by atoms with Crippen molar-refractivity contribution in [3.63, 3.8) is 0 Å². The summed E-state index contributed by atoms with van der Waals surface area (Å²) in [5.41, 5.74) is 1.85. The lowest BCUT2D eigenvalue weighted by molar-refractivity contribution is -0.385. The topological polar surface area (TPSA) is 64.4 Å². The number of nitro benzene ring substituents is 1. The fourth-order valence-corrected chi connectivity index (χ4v) is 2.08. The van der Waals surface area contributed by atoms with Crippen LogP contribution in [0.5, 0.6) is 0 Å². The van der Waals surface area contributed by atoms with Gasteiger partial charge in [-0.2, -0.15) is 0 Å². The van der Waals surface area contributed by atoms with Crippen molar-refractivity contribution in [1.29, 1.82) is 0 Å². The highest BCUT2D eigenvalue weighted by atomic mass is 16.6. The number of benzene rings is 1. The van der Waals surface area contributed by atoms with Crippen LogP contribution < -0.4 is 5.32 Å². The molecule has 5 heteroatoms. The first-order valence-corrected chi connectivity index (χ1v) is 7.03. The van der Waals surface area contributed by atoms with Crippen LogP contribution in [0.1, 0.15) is 43.4 Å². The van der Waals surface area contributed by atoms with E-state index in [1.165, 1.54) is 0 Å². The second kappa shape index (κ2) is 8.66. The average Bonchev–Trinajstić information content (AvgIpc) is 2.42. The molecule has 0 saturated heterocycles. The van der Waals surface area contributed by atoms with E-state index in [1.54, 1.807) is 20.1 Å². The molecule has 1 rings (SSSR count). The molecule has 1 aromatic rings. The highest BCUT2D eigenvalue weighted by Crippen LogP contribution is 2.23. The van der Waals surface area contributed by atoms with Gasteiger partial charge in [0.15, 0.2) is 0 Å². The van der Waals surface area contributed by atoms with Crippen molar-refractivity contribution in [1.82, 2.24) is 5.32 Å². The summed E-state index contributed by atoms with van der Waals surface area (Å²) in [6.07, 6.45) is 3.28. The molecule has 0 aromatic heterocycles. The number of nitrogens with one attached hydrogen (secondary N) is 1. The Balaban J connectivity index is 2.45. The largest absolute Gasteiger partial charge is 0.385 e. The maximum absolute atomic E-state index is 10.9. The molecule has 0 bridgehead atoms. The molecule has 0 heterocycles. The minimum Gasteiger partial charge on any atom is -0.385 e. The number of unbranched alkanes of at least 4 members (excludes halogenated alkanes) is 2. The van der Waals surface area contributed by atoms with Crippen molar-refractivity contribution >= 4 is 5.69 Å². The SMILES string of the molecule is COCCCCCNC(C)c1ccc(C)c([N+](=O)[O-])c1. The zero-order chi connectivity index (χ0) is 15.0. The molecule has 0 fully saturated rings. The van der Waals surface area contributed by atoms with E-state index in [0.29, 0.717) is 5.56 Å². The lowest BCUT2D eigenvalue weighted by Gasteiger charge is -2.14. The number of nitro groups is 1. The Kier molecular flexibility index (Phi) is 7.18. The molecule has 1 N–H and O–H groups in total. The van der Waals surface area contributed by atoms with Gasteiger partial charge in [-0.25, -0.2) is 0 Å². The van der Waals surface area contributed by atoms with Crippen LogP contribution >= 0.6 is 0 Å². The van der Waals surface area contributed by atoms with Gasteiger partial charge >= 0.3 is 0 Å². The van der Waals surface area contributed by atoms with Crippen LogP contribution in [0.3, 0.4) is 0 Å². The molecule has 0 saturated carbocycles. The van der Waals surface area contributed by atoms with Gasteiger partial charge in [-0.1, -0.05) is 12.1 Å². The quantitative estimate of drug-likeness (QED) is 0.428.